The maximum absolute atomic E-state index is 8.48. The minimum Gasteiger partial charge on any atom is -0.477 e. The van der Waals surface area contributed by atoms with Crippen LogP contribution in [0.15, 0.2) is 22.7 Å². The summed E-state index contributed by atoms with van der Waals surface area (Å²) in [6.45, 7) is 3.77. The van der Waals surface area contributed by atoms with Crippen LogP contribution in [0.4, 0.5) is 0 Å². The van der Waals surface area contributed by atoms with E-state index >= 15 is 0 Å². The van der Waals surface area contributed by atoms with E-state index in [4.69, 9.17) is 10.00 Å². The molecule has 0 aromatic heterocycles. The number of hydrogen-bond acceptors (Lipinski definition) is 3. The summed E-state index contributed by atoms with van der Waals surface area (Å²) in [6.07, 6.45) is 0. The minimum absolute atomic E-state index is 0.0712. The molecule has 4 heteroatoms. The first-order valence-electron chi connectivity index (χ1n) is 4.77. The van der Waals surface area contributed by atoms with Crippen LogP contribution in [0.2, 0.25) is 0 Å². The maximum Gasteiger partial charge on any atom is 0.174 e. The zero-order valence-corrected chi connectivity index (χ0v) is 10.2. The fourth-order valence-electron chi connectivity index (χ4n) is 1.22. The second-order valence-corrected chi connectivity index (χ2v) is 3.81. The second-order valence-electron chi connectivity index (χ2n) is 2.96. The molecule has 0 amide bonds. The van der Waals surface area contributed by atoms with E-state index < -0.39 is 0 Å². The molecule has 0 bridgehead atoms. The average Bonchev–Trinajstić information content (AvgIpc) is 2.25. The summed E-state index contributed by atoms with van der Waals surface area (Å²) in [5, 5.41) is 11.7. The van der Waals surface area contributed by atoms with E-state index in [1.807, 2.05) is 31.2 Å². The highest BCUT2D eigenvalue weighted by molar-refractivity contribution is 9.10. The van der Waals surface area contributed by atoms with Crippen LogP contribution < -0.4 is 10.1 Å². The molecule has 15 heavy (non-hydrogen) atoms. The Labute approximate surface area is 98.2 Å². The third-order valence-corrected chi connectivity index (χ3v) is 2.52. The lowest BCUT2D eigenvalue weighted by atomic mass is 10.2. The molecule has 0 aliphatic rings. The Balaban J connectivity index is 2.83. The molecule has 0 saturated carbocycles. The molecule has 0 fully saturated rings. The highest BCUT2D eigenvalue weighted by Crippen LogP contribution is 2.28. The van der Waals surface area contributed by atoms with Crippen LogP contribution in [-0.2, 0) is 6.54 Å². The molecule has 0 saturated heterocycles. The highest BCUT2D eigenvalue weighted by Gasteiger charge is 2.06. The molecule has 0 heterocycles. The summed E-state index contributed by atoms with van der Waals surface area (Å²) in [5.41, 5.74) is 1.06. The third kappa shape index (κ3) is 3.54. The number of nitriles is 1. The van der Waals surface area contributed by atoms with Gasteiger partial charge in [0.1, 0.15) is 11.8 Å². The molecule has 0 aliphatic carbocycles. The SMILES string of the molecule is CCNCc1cccc(Br)c1OCC#N. The summed E-state index contributed by atoms with van der Waals surface area (Å²) < 4.78 is 6.25. The van der Waals surface area contributed by atoms with Crippen LogP contribution >= 0.6 is 15.9 Å². The first kappa shape index (κ1) is 12.0. The molecular formula is C11H13BrN2O. The standard InChI is InChI=1S/C11H13BrN2O/c1-2-14-8-9-4-3-5-10(12)11(9)15-7-6-13/h3-5,14H,2,7-8H2,1H3. The molecule has 0 radical (unpaired) electrons. The second kappa shape index (κ2) is 6.44. The monoisotopic (exact) mass is 268 g/mol. The van der Waals surface area contributed by atoms with Crippen molar-refractivity contribution in [2.24, 2.45) is 0 Å². The summed E-state index contributed by atoms with van der Waals surface area (Å²) in [7, 11) is 0. The van der Waals surface area contributed by atoms with Gasteiger partial charge in [0.15, 0.2) is 6.61 Å². The van der Waals surface area contributed by atoms with Crippen molar-refractivity contribution in [3.05, 3.63) is 28.2 Å². The highest BCUT2D eigenvalue weighted by atomic mass is 79.9. The van der Waals surface area contributed by atoms with E-state index in [1.165, 1.54) is 0 Å². The van der Waals surface area contributed by atoms with Gasteiger partial charge in [-0.25, -0.2) is 0 Å². The zero-order valence-electron chi connectivity index (χ0n) is 8.59. The summed E-state index contributed by atoms with van der Waals surface area (Å²) in [4.78, 5) is 0. The summed E-state index contributed by atoms with van der Waals surface area (Å²) in [6, 6.07) is 7.81. The topological polar surface area (TPSA) is 45.0 Å². The number of nitrogens with one attached hydrogen (secondary N) is 1. The molecule has 1 aromatic rings. The molecule has 80 valence electrons. The molecule has 1 N–H and O–H groups in total. The number of rotatable bonds is 5. The van der Waals surface area contributed by atoms with Gasteiger partial charge in [0.05, 0.1) is 4.47 Å². The number of para-hydroxylation sites is 1. The lowest BCUT2D eigenvalue weighted by Gasteiger charge is -2.11. The molecule has 1 aromatic carbocycles. The first-order valence-corrected chi connectivity index (χ1v) is 5.56. The Bertz CT molecular complexity index is 360. The molecular weight excluding hydrogens is 256 g/mol. The van der Waals surface area contributed by atoms with Gasteiger partial charge in [-0.15, -0.1) is 0 Å². The van der Waals surface area contributed by atoms with Crippen molar-refractivity contribution >= 4 is 15.9 Å². The largest absolute Gasteiger partial charge is 0.477 e. The summed E-state index contributed by atoms with van der Waals surface area (Å²) in [5.74, 6) is 0.750. The van der Waals surface area contributed by atoms with E-state index in [1.54, 1.807) is 0 Å². The lowest BCUT2D eigenvalue weighted by Crippen LogP contribution is -2.13. The van der Waals surface area contributed by atoms with Crippen LogP contribution in [0.3, 0.4) is 0 Å². The quantitative estimate of drug-likeness (QED) is 0.893. The minimum atomic E-state index is 0.0712. The van der Waals surface area contributed by atoms with E-state index in [-0.39, 0.29) is 6.61 Å². The van der Waals surface area contributed by atoms with Crippen molar-refractivity contribution < 1.29 is 4.74 Å². The van der Waals surface area contributed by atoms with Crippen LogP contribution in [0.5, 0.6) is 5.75 Å². The van der Waals surface area contributed by atoms with Crippen molar-refractivity contribution in [2.45, 2.75) is 13.5 Å². The van der Waals surface area contributed by atoms with Gasteiger partial charge in [-0.1, -0.05) is 19.1 Å². The zero-order chi connectivity index (χ0) is 11.1. The van der Waals surface area contributed by atoms with Gasteiger partial charge in [-0.3, -0.25) is 0 Å². The van der Waals surface area contributed by atoms with Crippen molar-refractivity contribution in [2.75, 3.05) is 13.2 Å². The lowest BCUT2D eigenvalue weighted by molar-refractivity contribution is 0.360. The number of benzene rings is 1. The normalized spacial score (nSPS) is 9.67. The smallest absolute Gasteiger partial charge is 0.174 e. The van der Waals surface area contributed by atoms with Gasteiger partial charge in [-0.05, 0) is 28.5 Å². The van der Waals surface area contributed by atoms with Crippen LogP contribution in [0.1, 0.15) is 12.5 Å². The van der Waals surface area contributed by atoms with Gasteiger partial charge in [0.25, 0.3) is 0 Å². The van der Waals surface area contributed by atoms with E-state index in [0.29, 0.717) is 0 Å². The molecule has 0 spiro atoms. The Morgan fingerprint density at radius 1 is 1.53 bits per heavy atom. The number of nitrogens with zero attached hydrogens (tertiary/aromatic N) is 1. The Hall–Kier alpha value is -1.05. The van der Waals surface area contributed by atoms with Crippen molar-refractivity contribution in [1.82, 2.24) is 5.32 Å². The Morgan fingerprint density at radius 2 is 2.33 bits per heavy atom. The van der Waals surface area contributed by atoms with E-state index in [0.717, 1.165) is 28.9 Å². The van der Waals surface area contributed by atoms with Crippen molar-refractivity contribution in [3.8, 4) is 11.8 Å². The van der Waals surface area contributed by atoms with Crippen molar-refractivity contribution in [1.29, 1.82) is 5.26 Å². The average molecular weight is 269 g/mol. The van der Waals surface area contributed by atoms with E-state index in [2.05, 4.69) is 21.2 Å². The van der Waals surface area contributed by atoms with Gasteiger partial charge >= 0.3 is 0 Å². The Morgan fingerprint density at radius 3 is 3.00 bits per heavy atom. The fourth-order valence-corrected chi connectivity index (χ4v) is 1.74. The van der Waals surface area contributed by atoms with Crippen LogP contribution in [0.25, 0.3) is 0 Å². The Kier molecular flexibility index (Phi) is 5.16. The maximum atomic E-state index is 8.48. The van der Waals surface area contributed by atoms with Crippen LogP contribution in [0, 0.1) is 11.3 Å². The molecule has 0 aliphatic heterocycles. The number of hydrogen-bond donors (Lipinski definition) is 1. The van der Waals surface area contributed by atoms with Crippen LogP contribution in [-0.4, -0.2) is 13.2 Å². The van der Waals surface area contributed by atoms with Gasteiger partial charge < -0.3 is 10.1 Å². The predicted molar refractivity (Wildman–Crippen MR) is 62.6 cm³/mol. The number of ether oxygens (including phenoxy) is 1. The first-order chi connectivity index (χ1) is 7.29. The molecule has 3 nitrogen and oxygen atoms in total. The predicted octanol–water partition coefficient (Wildman–Crippen LogP) is 2.46. The van der Waals surface area contributed by atoms with Gasteiger partial charge in [0, 0.05) is 12.1 Å². The number of halogens is 1. The molecule has 1 rings (SSSR count). The van der Waals surface area contributed by atoms with E-state index in [9.17, 15) is 0 Å². The fraction of sp³-hybridized carbons (Fsp3) is 0.364. The van der Waals surface area contributed by atoms with Gasteiger partial charge in [0.2, 0.25) is 0 Å². The summed E-state index contributed by atoms with van der Waals surface area (Å²) >= 11 is 3.41. The van der Waals surface area contributed by atoms with Crippen molar-refractivity contribution in [3.63, 3.8) is 0 Å². The molecule has 0 atom stereocenters. The third-order valence-electron chi connectivity index (χ3n) is 1.90. The molecule has 0 unspecified atom stereocenters. The van der Waals surface area contributed by atoms with Gasteiger partial charge in [-0.2, -0.15) is 5.26 Å².